The lowest BCUT2D eigenvalue weighted by Crippen LogP contribution is -2.27. The summed E-state index contributed by atoms with van der Waals surface area (Å²) >= 11 is 14.5. The van der Waals surface area contributed by atoms with Crippen molar-refractivity contribution in [3.63, 3.8) is 0 Å². The van der Waals surface area contributed by atoms with Gasteiger partial charge < -0.3 is 4.90 Å². The maximum absolute atomic E-state index is 12.0. The molecule has 0 atom stereocenters. The van der Waals surface area contributed by atoms with E-state index in [2.05, 4.69) is 25.4 Å². The Morgan fingerprint density at radius 2 is 1.90 bits per heavy atom. The van der Waals surface area contributed by atoms with E-state index in [9.17, 15) is 4.79 Å². The molecule has 0 aliphatic heterocycles. The lowest BCUT2D eigenvalue weighted by molar-refractivity contribution is -0.118. The molecule has 0 radical (unpaired) electrons. The molecule has 29 heavy (non-hydrogen) atoms. The van der Waals surface area contributed by atoms with Crippen molar-refractivity contribution in [1.29, 1.82) is 0 Å². The zero-order valence-electron chi connectivity index (χ0n) is 16.3. The number of halogens is 2. The molecule has 0 unspecified atom stereocenters. The Morgan fingerprint density at radius 3 is 2.52 bits per heavy atom. The van der Waals surface area contributed by atoms with Gasteiger partial charge in [0.15, 0.2) is 5.16 Å². The number of nitrogens with one attached hydrogen (secondary N) is 1. The van der Waals surface area contributed by atoms with E-state index >= 15 is 0 Å². The molecule has 1 heterocycles. The molecular formula is C19H23Cl2N5OS2. The minimum atomic E-state index is -0.194. The number of carbonyl (C=O) groups is 1. The predicted octanol–water partition coefficient (Wildman–Crippen LogP) is 4.03. The fourth-order valence-corrected chi connectivity index (χ4v) is 4.01. The quantitative estimate of drug-likeness (QED) is 0.133. The van der Waals surface area contributed by atoms with Crippen LogP contribution in [0.25, 0.3) is 0 Å². The fraction of sp³-hybridized carbons (Fsp3) is 0.368. The lowest BCUT2D eigenvalue weighted by atomic mass is 10.2. The number of amides is 1. The number of hydrazone groups is 1. The highest BCUT2D eigenvalue weighted by Gasteiger charge is 2.07. The number of aryl methyl sites for hydroxylation is 1. The summed E-state index contributed by atoms with van der Waals surface area (Å²) in [6.45, 7) is 3.38. The second-order valence-electron chi connectivity index (χ2n) is 5.87. The molecule has 156 valence electrons. The highest BCUT2D eigenvalue weighted by molar-refractivity contribution is 8.00. The van der Waals surface area contributed by atoms with Crippen molar-refractivity contribution in [2.75, 3.05) is 41.8 Å². The molecule has 0 saturated carbocycles. The van der Waals surface area contributed by atoms with Gasteiger partial charge in [0, 0.05) is 36.2 Å². The Hall–Kier alpha value is -1.48. The van der Waals surface area contributed by atoms with Crippen LogP contribution >= 0.6 is 46.7 Å². The van der Waals surface area contributed by atoms with Crippen LogP contribution in [-0.4, -0.2) is 58.9 Å². The van der Waals surface area contributed by atoms with Crippen LogP contribution in [0.5, 0.6) is 0 Å². The highest BCUT2D eigenvalue weighted by atomic mass is 35.5. The number of aromatic nitrogens is 2. The number of hydrogen-bond donors (Lipinski definition) is 1. The van der Waals surface area contributed by atoms with Crippen LogP contribution in [-0.2, 0) is 4.79 Å². The van der Waals surface area contributed by atoms with Crippen LogP contribution in [0.4, 0.5) is 5.69 Å². The van der Waals surface area contributed by atoms with Gasteiger partial charge in [-0.25, -0.2) is 15.4 Å². The first kappa shape index (κ1) is 23.8. The van der Waals surface area contributed by atoms with E-state index in [1.54, 1.807) is 6.21 Å². The van der Waals surface area contributed by atoms with Gasteiger partial charge >= 0.3 is 0 Å². The summed E-state index contributed by atoms with van der Waals surface area (Å²) in [5.41, 5.74) is 5.35. The van der Waals surface area contributed by atoms with Gasteiger partial charge in [0.25, 0.3) is 0 Å². The number of anilines is 1. The second-order valence-corrected chi connectivity index (χ2v) is 8.40. The van der Waals surface area contributed by atoms with Gasteiger partial charge in [-0.05, 0) is 36.9 Å². The van der Waals surface area contributed by atoms with E-state index in [-0.39, 0.29) is 11.7 Å². The van der Waals surface area contributed by atoms with Gasteiger partial charge in [-0.15, -0.1) is 23.2 Å². The third-order valence-corrected chi connectivity index (χ3v) is 5.51. The molecule has 0 spiro atoms. The maximum atomic E-state index is 12.0. The molecule has 0 fully saturated rings. The number of rotatable bonds is 11. The van der Waals surface area contributed by atoms with E-state index in [4.69, 9.17) is 23.2 Å². The average molecular weight is 472 g/mol. The molecule has 0 saturated heterocycles. The summed E-state index contributed by atoms with van der Waals surface area (Å²) in [7, 11) is 0. The Morgan fingerprint density at radius 1 is 1.21 bits per heavy atom. The summed E-state index contributed by atoms with van der Waals surface area (Å²) < 4.78 is 0. The Balaban J connectivity index is 1.84. The Kier molecular flexibility index (Phi) is 10.6. The molecule has 1 aromatic heterocycles. The first-order chi connectivity index (χ1) is 14.0. The van der Waals surface area contributed by atoms with Gasteiger partial charge in [0.2, 0.25) is 5.91 Å². The molecule has 10 heteroatoms. The Bertz CT molecular complexity index is 815. The predicted molar refractivity (Wildman–Crippen MR) is 125 cm³/mol. The van der Waals surface area contributed by atoms with Crippen molar-refractivity contribution in [3.05, 3.63) is 41.6 Å². The van der Waals surface area contributed by atoms with E-state index < -0.39 is 0 Å². The average Bonchev–Trinajstić information content (AvgIpc) is 2.72. The molecule has 1 aromatic carbocycles. The summed E-state index contributed by atoms with van der Waals surface area (Å²) in [6.07, 6.45) is 3.53. The molecule has 0 aliphatic carbocycles. The van der Waals surface area contributed by atoms with Gasteiger partial charge in [0.1, 0.15) is 5.03 Å². The van der Waals surface area contributed by atoms with Gasteiger partial charge in [-0.2, -0.15) is 5.10 Å². The summed E-state index contributed by atoms with van der Waals surface area (Å²) in [6, 6.07) is 9.70. The van der Waals surface area contributed by atoms with Crippen LogP contribution in [0.1, 0.15) is 11.3 Å². The molecule has 0 aliphatic rings. The molecule has 2 rings (SSSR count). The molecule has 1 N–H and O–H groups in total. The van der Waals surface area contributed by atoms with Crippen molar-refractivity contribution in [2.24, 2.45) is 5.10 Å². The summed E-state index contributed by atoms with van der Waals surface area (Å²) in [4.78, 5) is 22.8. The highest BCUT2D eigenvalue weighted by Crippen LogP contribution is 2.19. The van der Waals surface area contributed by atoms with E-state index in [1.165, 1.54) is 23.5 Å². The van der Waals surface area contributed by atoms with Gasteiger partial charge in [-0.3, -0.25) is 4.79 Å². The third kappa shape index (κ3) is 8.42. The van der Waals surface area contributed by atoms with Crippen molar-refractivity contribution in [3.8, 4) is 0 Å². The second kappa shape index (κ2) is 13.0. The van der Waals surface area contributed by atoms with E-state index in [0.717, 1.165) is 35.1 Å². The van der Waals surface area contributed by atoms with Gasteiger partial charge in [0.05, 0.1) is 12.0 Å². The standard InChI is InChI=1S/C19H23Cl2N5OS2/c1-14-11-18(24-19(23-14)28-2)29-13-17(27)25-22-12-15-3-5-16(6-4-15)26(9-7-20)10-8-21/h3-6,11-12H,7-10,13H2,1-2H3,(H,25,27). The molecule has 0 bridgehead atoms. The summed E-state index contributed by atoms with van der Waals surface area (Å²) in [5.74, 6) is 1.11. The van der Waals surface area contributed by atoms with Crippen LogP contribution in [0, 0.1) is 6.92 Å². The first-order valence-corrected chi connectivity index (χ1v) is 12.1. The molecular weight excluding hydrogens is 449 g/mol. The van der Waals surface area contributed by atoms with E-state index in [1.807, 2.05) is 43.5 Å². The largest absolute Gasteiger partial charge is 0.369 e. The monoisotopic (exact) mass is 471 g/mol. The molecule has 6 nitrogen and oxygen atoms in total. The zero-order chi connectivity index (χ0) is 21.1. The fourth-order valence-electron chi connectivity index (χ4n) is 2.37. The number of hydrogen-bond acceptors (Lipinski definition) is 7. The number of alkyl halides is 2. The minimum Gasteiger partial charge on any atom is -0.369 e. The van der Waals surface area contributed by atoms with Crippen LogP contribution < -0.4 is 10.3 Å². The number of carbonyl (C=O) groups excluding carboxylic acids is 1. The first-order valence-electron chi connectivity index (χ1n) is 8.87. The smallest absolute Gasteiger partial charge is 0.250 e. The van der Waals surface area contributed by atoms with Crippen molar-refractivity contribution < 1.29 is 4.79 Å². The number of benzene rings is 1. The minimum absolute atomic E-state index is 0.194. The topological polar surface area (TPSA) is 70.5 Å². The van der Waals surface area contributed by atoms with Gasteiger partial charge in [-0.1, -0.05) is 35.7 Å². The van der Waals surface area contributed by atoms with Crippen molar-refractivity contribution >= 4 is 64.5 Å². The normalized spacial score (nSPS) is 11.0. The van der Waals surface area contributed by atoms with E-state index in [0.29, 0.717) is 16.9 Å². The lowest BCUT2D eigenvalue weighted by Gasteiger charge is -2.22. The van der Waals surface area contributed by atoms with Crippen molar-refractivity contribution in [1.82, 2.24) is 15.4 Å². The molecule has 1 amide bonds. The maximum Gasteiger partial charge on any atom is 0.250 e. The summed E-state index contributed by atoms with van der Waals surface area (Å²) in [5, 5.41) is 5.49. The zero-order valence-corrected chi connectivity index (χ0v) is 19.4. The number of thioether (sulfide) groups is 2. The van der Waals surface area contributed by atoms with Crippen molar-refractivity contribution in [2.45, 2.75) is 17.1 Å². The molecule has 2 aromatic rings. The Labute approximate surface area is 189 Å². The number of nitrogens with zero attached hydrogens (tertiary/aromatic N) is 4. The van der Waals surface area contributed by atoms with Crippen LogP contribution in [0.2, 0.25) is 0 Å². The van der Waals surface area contributed by atoms with Crippen LogP contribution in [0.15, 0.2) is 45.6 Å². The third-order valence-electron chi connectivity index (χ3n) is 3.71. The SMILES string of the molecule is CSc1nc(C)cc(SCC(=O)NN=Cc2ccc(N(CCCl)CCCl)cc2)n1. The van der Waals surface area contributed by atoms with Crippen LogP contribution in [0.3, 0.4) is 0 Å².